The van der Waals surface area contributed by atoms with Gasteiger partial charge in [-0.05, 0) is 11.6 Å². The van der Waals surface area contributed by atoms with Crippen LogP contribution in [0.1, 0.15) is 47.1 Å². The van der Waals surface area contributed by atoms with E-state index < -0.39 is 115 Å². The first-order valence-corrected chi connectivity index (χ1v) is 16.6. The molecule has 1 aliphatic carbocycles. The van der Waals surface area contributed by atoms with Crippen LogP contribution in [0.5, 0.6) is 0 Å². The number of carbonyl (C=O) groups excluding carboxylic acids is 7. The monoisotopic (exact) mass is 746 g/mol. The molecule has 1 saturated carbocycles. The lowest BCUT2D eigenvalue weighted by molar-refractivity contribution is -0.345. The molecule has 17 heteroatoms. The van der Waals surface area contributed by atoms with Gasteiger partial charge in [0.25, 0.3) is 0 Å². The van der Waals surface area contributed by atoms with Crippen LogP contribution in [0.15, 0.2) is 48.2 Å². The van der Waals surface area contributed by atoms with Crippen molar-refractivity contribution in [3.05, 3.63) is 53.8 Å². The average molecular weight is 747 g/mol. The maximum Gasteiger partial charge on any atom is 0.337 e. The van der Waals surface area contributed by atoms with E-state index in [-0.39, 0.29) is 5.57 Å². The molecule has 0 N–H and O–H groups in total. The molecule has 1 aromatic carbocycles. The van der Waals surface area contributed by atoms with E-state index in [1.165, 1.54) is 19.1 Å². The van der Waals surface area contributed by atoms with Crippen LogP contribution in [0.25, 0.3) is 6.08 Å². The Labute approximate surface area is 304 Å². The van der Waals surface area contributed by atoms with Gasteiger partial charge in [0.2, 0.25) is 12.6 Å². The molecule has 0 bridgehead atoms. The number of benzene rings is 1. The molecule has 0 spiro atoms. The predicted molar refractivity (Wildman–Crippen MR) is 175 cm³/mol. The largest absolute Gasteiger partial charge is 0.472 e. The van der Waals surface area contributed by atoms with E-state index in [1.807, 2.05) is 6.07 Å². The molecule has 2 fully saturated rings. The van der Waals surface area contributed by atoms with Gasteiger partial charge >= 0.3 is 41.8 Å². The Morgan fingerprint density at radius 2 is 1.28 bits per heavy atom. The van der Waals surface area contributed by atoms with Crippen LogP contribution in [0.3, 0.4) is 0 Å². The Bertz CT molecular complexity index is 1600. The lowest BCUT2D eigenvalue weighted by atomic mass is 9.82. The highest BCUT2D eigenvalue weighted by molar-refractivity contribution is 5.90. The zero-order chi connectivity index (χ0) is 39.0. The van der Waals surface area contributed by atoms with Crippen LogP contribution < -0.4 is 0 Å². The Balaban J connectivity index is 1.75. The van der Waals surface area contributed by atoms with Crippen LogP contribution in [0, 0.1) is 17.8 Å². The summed E-state index contributed by atoms with van der Waals surface area (Å²) in [5, 5.41) is 0. The number of carbonyl (C=O) groups is 7. The maximum absolute atomic E-state index is 13.2. The third-order valence-corrected chi connectivity index (χ3v) is 8.62. The van der Waals surface area contributed by atoms with Gasteiger partial charge in [-0.3, -0.25) is 24.0 Å². The van der Waals surface area contributed by atoms with Crippen molar-refractivity contribution in [2.45, 2.75) is 90.7 Å². The van der Waals surface area contributed by atoms with Gasteiger partial charge in [-0.15, -0.1) is 0 Å². The number of methoxy groups -OCH3 is 1. The average Bonchev–Trinajstić information content (AvgIpc) is 3.35. The fraction of sp³-hybridized carbons (Fsp3) is 0.528. The maximum atomic E-state index is 13.2. The quantitative estimate of drug-likeness (QED) is 0.170. The summed E-state index contributed by atoms with van der Waals surface area (Å²) >= 11 is 0. The summed E-state index contributed by atoms with van der Waals surface area (Å²) in [5.74, 6) is -8.34. The van der Waals surface area contributed by atoms with Gasteiger partial charge in [-0.25, -0.2) is 9.59 Å². The summed E-state index contributed by atoms with van der Waals surface area (Å²) in [7, 11) is 1.14. The van der Waals surface area contributed by atoms with E-state index >= 15 is 0 Å². The van der Waals surface area contributed by atoms with E-state index in [2.05, 4.69) is 0 Å². The van der Waals surface area contributed by atoms with E-state index in [9.17, 15) is 33.6 Å². The second kappa shape index (κ2) is 18.0. The second-order valence-electron chi connectivity index (χ2n) is 12.5. The van der Waals surface area contributed by atoms with E-state index in [1.54, 1.807) is 31.2 Å². The van der Waals surface area contributed by atoms with Crippen LogP contribution in [0.4, 0.5) is 0 Å². The molecular formula is C36H42O17. The van der Waals surface area contributed by atoms with Crippen molar-refractivity contribution in [3.63, 3.8) is 0 Å². The fourth-order valence-electron chi connectivity index (χ4n) is 6.64. The second-order valence-corrected chi connectivity index (χ2v) is 12.5. The van der Waals surface area contributed by atoms with Crippen molar-refractivity contribution in [1.29, 1.82) is 0 Å². The molecule has 2 aliphatic heterocycles. The molecule has 17 nitrogen and oxygen atoms in total. The van der Waals surface area contributed by atoms with Gasteiger partial charge in [0.15, 0.2) is 18.3 Å². The highest BCUT2D eigenvalue weighted by Crippen LogP contribution is 2.50. The van der Waals surface area contributed by atoms with Gasteiger partial charge in [0.1, 0.15) is 24.9 Å². The van der Waals surface area contributed by atoms with E-state index in [4.69, 9.17) is 47.4 Å². The molecule has 3 aliphatic rings. The number of hydrogen-bond donors (Lipinski definition) is 0. The summed E-state index contributed by atoms with van der Waals surface area (Å²) in [6.45, 7) is 6.67. The van der Waals surface area contributed by atoms with E-state index in [0.717, 1.165) is 41.1 Å². The molecular weight excluding hydrogens is 704 g/mol. The van der Waals surface area contributed by atoms with Gasteiger partial charge in [-0.1, -0.05) is 37.3 Å². The van der Waals surface area contributed by atoms with Gasteiger partial charge in [-0.2, -0.15) is 0 Å². The predicted octanol–water partition coefficient (Wildman–Crippen LogP) is 1.94. The van der Waals surface area contributed by atoms with Gasteiger partial charge in [0.05, 0.1) is 18.9 Å². The molecule has 2 heterocycles. The minimum atomic E-state index is -1.66. The summed E-state index contributed by atoms with van der Waals surface area (Å²) in [4.78, 5) is 87.3. The first-order chi connectivity index (χ1) is 25.1. The lowest BCUT2D eigenvalue weighted by Gasteiger charge is -2.46. The molecule has 53 heavy (non-hydrogen) atoms. The minimum Gasteiger partial charge on any atom is -0.472 e. The summed E-state index contributed by atoms with van der Waals surface area (Å²) in [6.07, 6.45) is -7.63. The van der Waals surface area contributed by atoms with Crippen molar-refractivity contribution in [2.75, 3.05) is 13.7 Å². The number of ether oxygens (including phenoxy) is 10. The Morgan fingerprint density at radius 1 is 0.698 bits per heavy atom. The van der Waals surface area contributed by atoms with Crippen molar-refractivity contribution < 1.29 is 80.9 Å². The molecule has 4 rings (SSSR count). The van der Waals surface area contributed by atoms with Crippen LogP contribution >= 0.6 is 0 Å². The standard InChI is InChI=1S/C36H42O17/c1-17-27-28(31(29(17)47-19(3)38)52-26(42)14-13-23-11-9-8-10-12-23)24(34(43)44-7)15-46-35(27)53-36-33(50-22(6)41)32(49-21(5)40)30(48-20(4)39)25(51-36)16-45-18(2)37/h8-15,17,25,27-33,35-36H,16H2,1-7H3/b14-13+/t17-,25+,27+,28+,29+,30+,31-,32-,33+,35-,36-/m0/s1. The smallest absolute Gasteiger partial charge is 0.337 e. The van der Waals surface area contributed by atoms with Crippen molar-refractivity contribution >= 4 is 47.9 Å². The highest BCUT2D eigenvalue weighted by atomic mass is 16.8. The van der Waals surface area contributed by atoms with Crippen LogP contribution in [0.2, 0.25) is 0 Å². The molecule has 11 atom stereocenters. The molecule has 288 valence electrons. The zero-order valence-corrected chi connectivity index (χ0v) is 30.1. The topological polar surface area (TPSA) is 212 Å². The van der Waals surface area contributed by atoms with Crippen molar-refractivity contribution in [3.8, 4) is 0 Å². The van der Waals surface area contributed by atoms with Gasteiger partial charge < -0.3 is 47.4 Å². The Hall–Kier alpha value is -5.29. The van der Waals surface area contributed by atoms with Gasteiger partial charge in [0, 0.05) is 58.4 Å². The molecule has 0 unspecified atom stereocenters. The Kier molecular flexibility index (Phi) is 13.7. The van der Waals surface area contributed by atoms with Crippen molar-refractivity contribution in [2.24, 2.45) is 17.8 Å². The summed E-state index contributed by atoms with van der Waals surface area (Å²) < 4.78 is 56.5. The normalized spacial score (nSPS) is 30.4. The van der Waals surface area contributed by atoms with Crippen LogP contribution in [-0.2, 0) is 80.9 Å². The molecule has 0 amide bonds. The number of esters is 7. The molecule has 1 aromatic rings. The number of rotatable bonds is 12. The molecule has 0 radical (unpaired) electrons. The van der Waals surface area contributed by atoms with Crippen LogP contribution in [-0.4, -0.2) is 105 Å². The fourth-order valence-corrected chi connectivity index (χ4v) is 6.64. The first-order valence-electron chi connectivity index (χ1n) is 16.6. The summed E-state index contributed by atoms with van der Waals surface area (Å²) in [5.41, 5.74) is 0.642. The Morgan fingerprint density at radius 3 is 1.87 bits per heavy atom. The third kappa shape index (κ3) is 10.2. The lowest BCUT2D eigenvalue weighted by Crippen LogP contribution is -2.63. The van der Waals surface area contributed by atoms with E-state index in [0.29, 0.717) is 5.56 Å². The minimum absolute atomic E-state index is 0.0646. The number of hydrogen-bond acceptors (Lipinski definition) is 17. The number of fused-ring (bicyclic) bond motifs is 1. The highest BCUT2D eigenvalue weighted by Gasteiger charge is 2.62. The first kappa shape index (κ1) is 40.5. The molecule has 1 saturated heterocycles. The zero-order valence-electron chi connectivity index (χ0n) is 30.1. The SMILES string of the molecule is COC(=O)C1=CO[C@@H](O[C@@H]2O[C@H](COC(C)=O)[C@@H](OC(C)=O)[C@H](OC(C)=O)[C@H]2OC(C)=O)[C@@H]2[C@H](C)[C@@H](OC(C)=O)[C@@H](OC(=O)/C=C/c3ccccc3)[C@H]12. The van der Waals surface area contributed by atoms with Crippen molar-refractivity contribution in [1.82, 2.24) is 0 Å². The third-order valence-electron chi connectivity index (χ3n) is 8.62. The molecule has 0 aromatic heterocycles. The summed E-state index contributed by atoms with van der Waals surface area (Å²) in [6, 6.07) is 8.92.